The van der Waals surface area contributed by atoms with Crippen molar-refractivity contribution < 1.29 is 14.0 Å². The molecule has 0 saturated carbocycles. The van der Waals surface area contributed by atoms with Crippen molar-refractivity contribution in [2.75, 3.05) is 26.7 Å². The van der Waals surface area contributed by atoms with E-state index in [0.29, 0.717) is 43.5 Å². The Hall–Kier alpha value is -3.29. The van der Waals surface area contributed by atoms with Gasteiger partial charge in [-0.3, -0.25) is 14.6 Å². The molecule has 5 rings (SSSR count). The number of nitrogens with zero attached hydrogens (tertiary/aromatic N) is 5. The molecule has 3 aromatic rings. The highest BCUT2D eigenvalue weighted by molar-refractivity contribution is 5.92. The average molecular weight is 405 g/mol. The Morgan fingerprint density at radius 3 is 2.87 bits per heavy atom. The lowest BCUT2D eigenvalue weighted by molar-refractivity contribution is -0.137. The van der Waals surface area contributed by atoms with Crippen LogP contribution < -0.4 is 0 Å². The highest BCUT2D eigenvalue weighted by Crippen LogP contribution is 2.31. The fourth-order valence-corrected chi connectivity index (χ4v) is 4.45. The summed E-state index contributed by atoms with van der Waals surface area (Å²) in [7, 11) is 1.75. The van der Waals surface area contributed by atoms with E-state index in [9.17, 15) is 9.59 Å². The molecule has 0 spiro atoms. The summed E-state index contributed by atoms with van der Waals surface area (Å²) in [6.07, 6.45) is 3.80. The van der Waals surface area contributed by atoms with Gasteiger partial charge in [0.05, 0.1) is 11.8 Å². The summed E-state index contributed by atoms with van der Waals surface area (Å²) in [5.74, 6) is 0.761. The molecular formula is C22H23N5O3. The zero-order valence-corrected chi connectivity index (χ0v) is 16.8. The summed E-state index contributed by atoms with van der Waals surface area (Å²) in [5.41, 5.74) is 0.670. The maximum atomic E-state index is 12.9. The third-order valence-electron chi connectivity index (χ3n) is 6.09. The van der Waals surface area contributed by atoms with Gasteiger partial charge in [-0.05, 0) is 24.3 Å². The maximum Gasteiger partial charge on any atom is 0.266 e. The number of pyridine rings is 1. The number of likely N-dealkylation sites (tertiary alicyclic amines) is 2. The normalized spacial score (nSPS) is 22.1. The highest BCUT2D eigenvalue weighted by atomic mass is 16.4. The van der Waals surface area contributed by atoms with Crippen LogP contribution in [0.4, 0.5) is 0 Å². The van der Waals surface area contributed by atoms with Gasteiger partial charge in [-0.2, -0.15) is 0 Å². The molecule has 2 aliphatic rings. The van der Waals surface area contributed by atoms with Crippen molar-refractivity contribution in [2.24, 2.45) is 5.92 Å². The third-order valence-corrected chi connectivity index (χ3v) is 6.09. The van der Waals surface area contributed by atoms with E-state index in [1.165, 1.54) is 0 Å². The van der Waals surface area contributed by atoms with Crippen LogP contribution in [-0.2, 0) is 9.59 Å². The molecule has 2 atom stereocenters. The number of piperidine rings is 1. The van der Waals surface area contributed by atoms with E-state index in [1.807, 2.05) is 35.2 Å². The molecule has 2 aliphatic heterocycles. The summed E-state index contributed by atoms with van der Waals surface area (Å²) in [4.78, 5) is 32.6. The quantitative estimate of drug-likeness (QED) is 0.665. The van der Waals surface area contributed by atoms with Crippen molar-refractivity contribution in [2.45, 2.75) is 25.2 Å². The van der Waals surface area contributed by atoms with Crippen molar-refractivity contribution in [1.29, 1.82) is 0 Å². The minimum atomic E-state index is -0.251. The molecule has 2 aromatic heterocycles. The summed E-state index contributed by atoms with van der Waals surface area (Å²) in [5, 5.41) is 10.6. The Labute approximate surface area is 173 Å². The van der Waals surface area contributed by atoms with Crippen molar-refractivity contribution in [3.63, 3.8) is 0 Å². The van der Waals surface area contributed by atoms with E-state index in [0.717, 1.165) is 23.6 Å². The van der Waals surface area contributed by atoms with Crippen LogP contribution in [0.25, 0.3) is 22.4 Å². The van der Waals surface area contributed by atoms with Gasteiger partial charge < -0.3 is 14.2 Å². The van der Waals surface area contributed by atoms with Gasteiger partial charge in [-0.15, -0.1) is 10.2 Å². The molecule has 0 N–H and O–H groups in total. The predicted octanol–water partition coefficient (Wildman–Crippen LogP) is 2.47. The Morgan fingerprint density at radius 2 is 2.03 bits per heavy atom. The first-order valence-corrected chi connectivity index (χ1v) is 10.3. The molecule has 0 bridgehead atoms. The molecule has 4 heterocycles. The number of hydrogen-bond donors (Lipinski definition) is 0. The molecule has 0 aliphatic carbocycles. The monoisotopic (exact) mass is 405 g/mol. The van der Waals surface area contributed by atoms with Gasteiger partial charge >= 0.3 is 0 Å². The zero-order chi connectivity index (χ0) is 20.7. The summed E-state index contributed by atoms with van der Waals surface area (Å²) >= 11 is 0. The molecule has 1 aromatic carbocycles. The molecule has 2 amide bonds. The van der Waals surface area contributed by atoms with Crippen LogP contribution in [0, 0.1) is 5.92 Å². The fraction of sp³-hybridized carbons (Fsp3) is 0.409. The Balaban J connectivity index is 1.35. The standard InChI is InChI=1S/C22H23N5O3/c1-26-12-16(11-18(26)28)22(29)27-10-4-6-15(13-27)20-24-25-21(30-20)19-17-7-3-2-5-14(17)8-9-23-19/h2-3,5,7-9,15-16H,4,6,10-13H2,1H3/t15-,16+/m1/s1. The molecule has 154 valence electrons. The van der Waals surface area contributed by atoms with Crippen LogP contribution in [-0.4, -0.2) is 63.5 Å². The topological polar surface area (TPSA) is 92.4 Å². The van der Waals surface area contributed by atoms with Crippen LogP contribution in [0.15, 0.2) is 40.9 Å². The largest absolute Gasteiger partial charge is 0.419 e. The van der Waals surface area contributed by atoms with Gasteiger partial charge in [0.2, 0.25) is 17.7 Å². The lowest BCUT2D eigenvalue weighted by Gasteiger charge is -2.32. The molecule has 30 heavy (non-hydrogen) atoms. The van der Waals surface area contributed by atoms with E-state index in [-0.39, 0.29) is 23.7 Å². The molecule has 8 nitrogen and oxygen atoms in total. The Bertz CT molecular complexity index is 1110. The second-order valence-electron chi connectivity index (χ2n) is 8.12. The number of rotatable bonds is 3. The summed E-state index contributed by atoms with van der Waals surface area (Å²) < 4.78 is 6.02. The van der Waals surface area contributed by atoms with Crippen LogP contribution in [0.2, 0.25) is 0 Å². The van der Waals surface area contributed by atoms with Gasteiger partial charge in [0, 0.05) is 44.7 Å². The average Bonchev–Trinajstić information content (AvgIpc) is 3.40. The highest BCUT2D eigenvalue weighted by Gasteiger charge is 2.37. The number of carbonyl (C=O) groups is 2. The summed E-state index contributed by atoms with van der Waals surface area (Å²) in [6, 6.07) is 9.90. The molecular weight excluding hydrogens is 382 g/mol. The van der Waals surface area contributed by atoms with E-state index < -0.39 is 0 Å². The molecule has 2 fully saturated rings. The predicted molar refractivity (Wildman–Crippen MR) is 109 cm³/mol. The van der Waals surface area contributed by atoms with Crippen LogP contribution >= 0.6 is 0 Å². The second kappa shape index (κ2) is 7.51. The van der Waals surface area contributed by atoms with Gasteiger partial charge in [-0.25, -0.2) is 0 Å². The second-order valence-corrected chi connectivity index (χ2v) is 8.12. The SMILES string of the molecule is CN1C[C@@H](C(=O)N2CCC[C@@H](c3nnc(-c4nccc5ccccc45)o3)C2)CC1=O. The third kappa shape index (κ3) is 3.32. The first kappa shape index (κ1) is 18.7. The fourth-order valence-electron chi connectivity index (χ4n) is 4.45. The van der Waals surface area contributed by atoms with E-state index in [4.69, 9.17) is 4.42 Å². The van der Waals surface area contributed by atoms with E-state index in [2.05, 4.69) is 15.2 Å². The number of hydrogen-bond acceptors (Lipinski definition) is 6. The first-order valence-electron chi connectivity index (χ1n) is 10.3. The van der Waals surface area contributed by atoms with Crippen LogP contribution in [0.3, 0.4) is 0 Å². The van der Waals surface area contributed by atoms with E-state index in [1.54, 1.807) is 18.1 Å². The van der Waals surface area contributed by atoms with Crippen LogP contribution in [0.1, 0.15) is 31.1 Å². The number of aromatic nitrogens is 3. The molecule has 8 heteroatoms. The number of amides is 2. The van der Waals surface area contributed by atoms with Crippen molar-refractivity contribution in [3.8, 4) is 11.6 Å². The van der Waals surface area contributed by atoms with Crippen molar-refractivity contribution >= 4 is 22.6 Å². The van der Waals surface area contributed by atoms with E-state index >= 15 is 0 Å². The van der Waals surface area contributed by atoms with Gasteiger partial charge in [0.15, 0.2) is 0 Å². The number of benzene rings is 1. The van der Waals surface area contributed by atoms with Crippen molar-refractivity contribution in [1.82, 2.24) is 25.0 Å². The zero-order valence-electron chi connectivity index (χ0n) is 16.8. The lowest BCUT2D eigenvalue weighted by atomic mass is 9.96. The Morgan fingerprint density at radius 1 is 1.17 bits per heavy atom. The van der Waals surface area contributed by atoms with Crippen molar-refractivity contribution in [3.05, 3.63) is 42.4 Å². The van der Waals surface area contributed by atoms with Gasteiger partial charge in [0.1, 0.15) is 5.69 Å². The number of carbonyl (C=O) groups excluding carboxylic acids is 2. The van der Waals surface area contributed by atoms with Gasteiger partial charge in [0.25, 0.3) is 5.89 Å². The Kier molecular flexibility index (Phi) is 4.69. The smallest absolute Gasteiger partial charge is 0.266 e. The minimum Gasteiger partial charge on any atom is -0.419 e. The maximum absolute atomic E-state index is 12.9. The molecule has 0 unspecified atom stereocenters. The molecule has 2 saturated heterocycles. The first-order chi connectivity index (χ1) is 14.6. The molecule has 0 radical (unpaired) electrons. The van der Waals surface area contributed by atoms with Gasteiger partial charge in [-0.1, -0.05) is 24.3 Å². The minimum absolute atomic E-state index is 0.00578. The summed E-state index contributed by atoms with van der Waals surface area (Å²) in [6.45, 7) is 1.74. The van der Waals surface area contributed by atoms with Crippen LogP contribution in [0.5, 0.6) is 0 Å². The number of fused-ring (bicyclic) bond motifs is 1. The lowest BCUT2D eigenvalue weighted by Crippen LogP contribution is -2.43.